The lowest BCUT2D eigenvalue weighted by Crippen LogP contribution is -2.36. The molecular formula is C20H22ClN3O4. The number of hydrogen-bond acceptors (Lipinski definition) is 7. The molecule has 1 unspecified atom stereocenters. The molecule has 0 aliphatic carbocycles. The lowest BCUT2D eigenvalue weighted by molar-refractivity contribution is 0.0595. The van der Waals surface area contributed by atoms with Crippen LogP contribution in [0.15, 0.2) is 42.9 Å². The van der Waals surface area contributed by atoms with Crippen LogP contribution < -0.4 is 0 Å². The number of pyridine rings is 1. The summed E-state index contributed by atoms with van der Waals surface area (Å²) in [6.45, 7) is 0.634. The van der Waals surface area contributed by atoms with Crippen molar-refractivity contribution in [2.24, 2.45) is 0 Å². The highest BCUT2D eigenvalue weighted by Crippen LogP contribution is 2.38. The molecule has 3 rings (SSSR count). The van der Waals surface area contributed by atoms with Gasteiger partial charge in [0.25, 0.3) is 0 Å². The zero-order valence-corrected chi connectivity index (χ0v) is 16.4. The third-order valence-electron chi connectivity index (χ3n) is 4.78. The van der Waals surface area contributed by atoms with E-state index < -0.39 is 5.97 Å². The second-order valence-electron chi connectivity index (χ2n) is 6.55. The zero-order chi connectivity index (χ0) is 20.3. The molecule has 1 aliphatic heterocycles. The molecule has 2 heterocycles. The molecule has 0 bridgehead atoms. The number of aromatic hydroxyl groups is 2. The molecule has 0 radical (unpaired) electrons. The van der Waals surface area contributed by atoms with Crippen LogP contribution >= 0.6 is 11.6 Å². The number of aromatic nitrogens is 1. The first kappa shape index (κ1) is 19.8. The SMILES string of the molecule is COC(=O)c1c(O)cc(O)c(Cl)c1CCC1N(C)C=CN1Cc1ccccn1. The van der Waals surface area contributed by atoms with E-state index in [0.717, 1.165) is 11.8 Å². The highest BCUT2D eigenvalue weighted by atomic mass is 35.5. The van der Waals surface area contributed by atoms with Gasteiger partial charge >= 0.3 is 5.97 Å². The average molecular weight is 404 g/mol. The summed E-state index contributed by atoms with van der Waals surface area (Å²) in [6, 6.07) is 6.83. The van der Waals surface area contributed by atoms with E-state index in [1.807, 2.05) is 37.6 Å². The first-order valence-corrected chi connectivity index (χ1v) is 9.17. The Morgan fingerprint density at radius 3 is 2.75 bits per heavy atom. The summed E-state index contributed by atoms with van der Waals surface area (Å²) in [6.07, 6.45) is 6.68. The van der Waals surface area contributed by atoms with Gasteiger partial charge < -0.3 is 24.7 Å². The number of phenolic OH excluding ortho intramolecular Hbond substituents is 2. The van der Waals surface area contributed by atoms with Gasteiger partial charge in [0, 0.05) is 31.7 Å². The minimum atomic E-state index is -0.697. The number of benzene rings is 1. The fourth-order valence-corrected chi connectivity index (χ4v) is 3.60. The Morgan fingerprint density at radius 2 is 2.07 bits per heavy atom. The van der Waals surface area contributed by atoms with Crippen molar-refractivity contribution in [1.29, 1.82) is 0 Å². The van der Waals surface area contributed by atoms with E-state index in [-0.39, 0.29) is 28.3 Å². The Labute approximate surface area is 168 Å². The maximum atomic E-state index is 12.1. The minimum absolute atomic E-state index is 0.00746. The van der Waals surface area contributed by atoms with E-state index in [0.29, 0.717) is 24.9 Å². The van der Waals surface area contributed by atoms with Crippen LogP contribution in [-0.4, -0.2) is 51.3 Å². The van der Waals surface area contributed by atoms with Gasteiger partial charge in [-0.25, -0.2) is 4.79 Å². The largest absolute Gasteiger partial charge is 0.507 e. The molecule has 0 fully saturated rings. The number of phenols is 2. The molecule has 1 atom stereocenters. The molecule has 1 aromatic heterocycles. The van der Waals surface area contributed by atoms with Crippen molar-refractivity contribution in [3.05, 3.63) is 64.7 Å². The van der Waals surface area contributed by atoms with Gasteiger partial charge in [0.1, 0.15) is 23.2 Å². The van der Waals surface area contributed by atoms with Gasteiger partial charge in [-0.05, 0) is 30.5 Å². The number of ether oxygens (including phenoxy) is 1. The second-order valence-corrected chi connectivity index (χ2v) is 6.93. The standard InChI is InChI=1S/C20H22ClN3O4/c1-23-9-10-24(12-13-5-3-4-8-22-13)17(23)7-6-14-18(20(27)28-2)15(25)11-16(26)19(14)21/h3-5,8-11,17,25-26H,6-7,12H2,1-2H3. The summed E-state index contributed by atoms with van der Waals surface area (Å²) in [5.74, 6) is -1.32. The van der Waals surface area contributed by atoms with Crippen LogP contribution in [0, 0.1) is 0 Å². The first-order chi connectivity index (χ1) is 13.4. The van der Waals surface area contributed by atoms with Crippen molar-refractivity contribution >= 4 is 17.6 Å². The number of nitrogens with zero attached hydrogens (tertiary/aromatic N) is 3. The zero-order valence-electron chi connectivity index (χ0n) is 15.7. The summed E-state index contributed by atoms with van der Waals surface area (Å²) in [5, 5.41) is 20.1. The number of carbonyl (C=O) groups excluding carboxylic acids is 1. The average Bonchev–Trinajstić information content (AvgIpc) is 3.03. The molecule has 2 N–H and O–H groups in total. The number of methoxy groups -OCH3 is 1. The number of halogens is 1. The van der Waals surface area contributed by atoms with Gasteiger partial charge in [-0.2, -0.15) is 0 Å². The van der Waals surface area contributed by atoms with E-state index in [9.17, 15) is 15.0 Å². The van der Waals surface area contributed by atoms with Gasteiger partial charge in [0.05, 0.1) is 24.4 Å². The number of esters is 1. The van der Waals surface area contributed by atoms with E-state index in [4.69, 9.17) is 16.3 Å². The van der Waals surface area contributed by atoms with Crippen LogP contribution in [0.4, 0.5) is 0 Å². The van der Waals surface area contributed by atoms with Crippen LogP contribution in [-0.2, 0) is 17.7 Å². The van der Waals surface area contributed by atoms with Crippen LogP contribution in [0.25, 0.3) is 0 Å². The summed E-state index contributed by atoms with van der Waals surface area (Å²) in [7, 11) is 3.19. The molecule has 0 amide bonds. The lowest BCUT2D eigenvalue weighted by atomic mass is 9.99. The molecule has 0 saturated heterocycles. The van der Waals surface area contributed by atoms with E-state index in [1.165, 1.54) is 7.11 Å². The van der Waals surface area contributed by atoms with Crippen molar-refractivity contribution in [3.8, 4) is 11.5 Å². The van der Waals surface area contributed by atoms with Crippen LogP contribution in [0.3, 0.4) is 0 Å². The second kappa shape index (κ2) is 8.39. The predicted molar refractivity (Wildman–Crippen MR) is 105 cm³/mol. The molecule has 148 valence electrons. The number of rotatable bonds is 6. The maximum absolute atomic E-state index is 12.1. The topological polar surface area (TPSA) is 86.1 Å². The monoisotopic (exact) mass is 403 g/mol. The molecular weight excluding hydrogens is 382 g/mol. The van der Waals surface area contributed by atoms with Gasteiger partial charge in [-0.15, -0.1) is 0 Å². The maximum Gasteiger partial charge on any atom is 0.341 e. The van der Waals surface area contributed by atoms with Crippen LogP contribution in [0.1, 0.15) is 28.0 Å². The van der Waals surface area contributed by atoms with Gasteiger partial charge in [0.2, 0.25) is 0 Å². The van der Waals surface area contributed by atoms with Crippen LogP contribution in [0.5, 0.6) is 11.5 Å². The Morgan fingerprint density at radius 1 is 1.29 bits per heavy atom. The van der Waals surface area contributed by atoms with Crippen molar-refractivity contribution in [3.63, 3.8) is 0 Å². The summed E-state index contributed by atoms with van der Waals surface area (Å²) < 4.78 is 4.77. The normalized spacial score (nSPS) is 15.9. The van der Waals surface area contributed by atoms with Crippen molar-refractivity contribution in [2.45, 2.75) is 25.6 Å². The minimum Gasteiger partial charge on any atom is -0.507 e. The number of hydrogen-bond donors (Lipinski definition) is 2. The highest BCUT2D eigenvalue weighted by Gasteiger charge is 2.27. The molecule has 2 aromatic rings. The third-order valence-corrected chi connectivity index (χ3v) is 5.20. The summed E-state index contributed by atoms with van der Waals surface area (Å²) >= 11 is 6.24. The van der Waals surface area contributed by atoms with E-state index in [2.05, 4.69) is 14.8 Å². The van der Waals surface area contributed by atoms with E-state index >= 15 is 0 Å². The third kappa shape index (κ3) is 3.99. The Bertz CT molecular complexity index is 889. The van der Waals surface area contributed by atoms with E-state index in [1.54, 1.807) is 6.20 Å². The molecule has 1 aromatic carbocycles. The lowest BCUT2D eigenvalue weighted by Gasteiger charge is -2.30. The predicted octanol–water partition coefficient (Wildman–Crippen LogP) is 3.11. The first-order valence-electron chi connectivity index (χ1n) is 8.80. The fraction of sp³-hybridized carbons (Fsp3) is 0.300. The van der Waals surface area contributed by atoms with Gasteiger partial charge in [0.15, 0.2) is 0 Å². The highest BCUT2D eigenvalue weighted by molar-refractivity contribution is 6.33. The Hall–Kier alpha value is -2.93. The smallest absolute Gasteiger partial charge is 0.341 e. The Kier molecular flexibility index (Phi) is 5.94. The van der Waals surface area contributed by atoms with Crippen molar-refractivity contribution in [2.75, 3.05) is 14.2 Å². The molecule has 28 heavy (non-hydrogen) atoms. The van der Waals surface area contributed by atoms with Crippen LogP contribution in [0.2, 0.25) is 5.02 Å². The Balaban J connectivity index is 1.81. The quantitative estimate of drug-likeness (QED) is 0.716. The summed E-state index contributed by atoms with van der Waals surface area (Å²) in [5.41, 5.74) is 1.29. The molecule has 7 nitrogen and oxygen atoms in total. The summed E-state index contributed by atoms with van der Waals surface area (Å²) in [4.78, 5) is 20.7. The molecule has 0 saturated carbocycles. The molecule has 1 aliphatic rings. The van der Waals surface area contributed by atoms with Gasteiger partial charge in [-0.3, -0.25) is 4.98 Å². The van der Waals surface area contributed by atoms with Crippen molar-refractivity contribution in [1.82, 2.24) is 14.8 Å². The molecule has 0 spiro atoms. The fourth-order valence-electron chi connectivity index (χ4n) is 3.35. The van der Waals surface area contributed by atoms with Crippen molar-refractivity contribution < 1.29 is 19.7 Å². The molecule has 8 heteroatoms. The van der Waals surface area contributed by atoms with Gasteiger partial charge in [-0.1, -0.05) is 17.7 Å². The number of carbonyl (C=O) groups is 1.